The summed E-state index contributed by atoms with van der Waals surface area (Å²) in [6.07, 6.45) is 1.66. The molecule has 0 spiro atoms. The van der Waals surface area contributed by atoms with Crippen LogP contribution in [0.1, 0.15) is 12.5 Å². The lowest BCUT2D eigenvalue weighted by atomic mass is 10.2. The summed E-state index contributed by atoms with van der Waals surface area (Å²) >= 11 is 0. The van der Waals surface area contributed by atoms with Gasteiger partial charge in [0, 0.05) is 5.92 Å². The second kappa shape index (κ2) is 2.79. The maximum absolute atomic E-state index is 8.92. The molecule has 4 heteroatoms. The second-order valence-corrected chi connectivity index (χ2v) is 3.23. The van der Waals surface area contributed by atoms with Crippen molar-refractivity contribution in [1.82, 2.24) is 9.78 Å². The van der Waals surface area contributed by atoms with E-state index < -0.39 is 0 Å². The first-order valence-corrected chi connectivity index (χ1v) is 4.09. The van der Waals surface area contributed by atoms with E-state index in [1.54, 1.807) is 10.9 Å². The predicted molar refractivity (Wildman–Crippen MR) is 42.8 cm³/mol. The number of hydrogen-bond donors (Lipinski definition) is 1. The standard InChI is InChI=1S/C8H12N2O2/c1-6-3-10-8(12-5-6)7(4-11)2-9-10/h2,6,11H,3-5H2,1H3/t6-/m0/s1. The van der Waals surface area contributed by atoms with Gasteiger partial charge in [0.2, 0.25) is 5.88 Å². The van der Waals surface area contributed by atoms with E-state index in [4.69, 9.17) is 9.84 Å². The predicted octanol–water partition coefficient (Wildman–Crippen LogP) is 0.404. The van der Waals surface area contributed by atoms with Gasteiger partial charge >= 0.3 is 0 Å². The number of ether oxygens (including phenoxy) is 1. The van der Waals surface area contributed by atoms with Crippen molar-refractivity contribution in [3.8, 4) is 5.88 Å². The van der Waals surface area contributed by atoms with Crippen LogP contribution in [0.25, 0.3) is 0 Å². The van der Waals surface area contributed by atoms with Gasteiger partial charge in [-0.2, -0.15) is 5.10 Å². The molecule has 1 aliphatic heterocycles. The SMILES string of the molecule is C[C@@H]1COc2c(CO)cnn2C1. The third-order valence-electron chi connectivity index (χ3n) is 2.02. The van der Waals surface area contributed by atoms with Crippen molar-refractivity contribution in [2.24, 2.45) is 5.92 Å². The van der Waals surface area contributed by atoms with Crippen LogP contribution in [0.5, 0.6) is 5.88 Å². The highest BCUT2D eigenvalue weighted by atomic mass is 16.5. The molecule has 2 rings (SSSR count). The van der Waals surface area contributed by atoms with Crippen LogP contribution in [-0.4, -0.2) is 21.5 Å². The highest BCUT2D eigenvalue weighted by Gasteiger charge is 2.19. The zero-order valence-electron chi connectivity index (χ0n) is 7.03. The van der Waals surface area contributed by atoms with Crippen LogP contribution < -0.4 is 4.74 Å². The normalized spacial score (nSPS) is 21.7. The molecule has 0 radical (unpaired) electrons. The molecule has 0 amide bonds. The van der Waals surface area contributed by atoms with E-state index in [0.29, 0.717) is 5.92 Å². The largest absolute Gasteiger partial charge is 0.477 e. The first-order chi connectivity index (χ1) is 5.81. The third kappa shape index (κ3) is 1.08. The molecule has 1 N–H and O–H groups in total. The minimum Gasteiger partial charge on any atom is -0.477 e. The van der Waals surface area contributed by atoms with Crippen molar-refractivity contribution in [2.45, 2.75) is 20.1 Å². The van der Waals surface area contributed by atoms with Crippen LogP contribution in [0.2, 0.25) is 0 Å². The van der Waals surface area contributed by atoms with Gasteiger partial charge in [-0.1, -0.05) is 6.92 Å². The monoisotopic (exact) mass is 168 g/mol. The maximum Gasteiger partial charge on any atom is 0.217 e. The fourth-order valence-electron chi connectivity index (χ4n) is 1.39. The van der Waals surface area contributed by atoms with Crippen LogP contribution >= 0.6 is 0 Å². The fraction of sp³-hybridized carbons (Fsp3) is 0.625. The Morgan fingerprint density at radius 1 is 1.83 bits per heavy atom. The molecule has 1 aromatic heterocycles. The van der Waals surface area contributed by atoms with Crippen LogP contribution in [0.15, 0.2) is 6.20 Å². The number of fused-ring (bicyclic) bond motifs is 1. The Bertz CT molecular complexity index is 283. The Morgan fingerprint density at radius 3 is 3.42 bits per heavy atom. The molecule has 66 valence electrons. The Hall–Kier alpha value is -1.03. The molecule has 2 heterocycles. The smallest absolute Gasteiger partial charge is 0.217 e. The van der Waals surface area contributed by atoms with E-state index in [0.717, 1.165) is 24.6 Å². The van der Waals surface area contributed by atoms with Crippen molar-refractivity contribution >= 4 is 0 Å². The Morgan fingerprint density at radius 2 is 2.67 bits per heavy atom. The van der Waals surface area contributed by atoms with Gasteiger partial charge in [0.1, 0.15) is 0 Å². The van der Waals surface area contributed by atoms with E-state index in [1.165, 1.54) is 0 Å². The van der Waals surface area contributed by atoms with Crippen LogP contribution in [-0.2, 0) is 13.2 Å². The van der Waals surface area contributed by atoms with Gasteiger partial charge < -0.3 is 9.84 Å². The Balaban J connectivity index is 2.32. The van der Waals surface area contributed by atoms with Crippen LogP contribution in [0, 0.1) is 5.92 Å². The number of aromatic nitrogens is 2. The van der Waals surface area contributed by atoms with Gasteiger partial charge in [-0.05, 0) is 0 Å². The zero-order chi connectivity index (χ0) is 8.55. The molecule has 0 saturated carbocycles. The second-order valence-electron chi connectivity index (χ2n) is 3.23. The molecule has 1 atom stereocenters. The molecule has 0 saturated heterocycles. The molecular weight excluding hydrogens is 156 g/mol. The van der Waals surface area contributed by atoms with Crippen molar-refractivity contribution in [3.05, 3.63) is 11.8 Å². The van der Waals surface area contributed by atoms with Crippen molar-refractivity contribution in [3.63, 3.8) is 0 Å². The summed E-state index contributed by atoms with van der Waals surface area (Å²) in [4.78, 5) is 0. The molecule has 0 fully saturated rings. The molecule has 0 aromatic carbocycles. The van der Waals surface area contributed by atoms with Gasteiger partial charge in [-0.25, -0.2) is 4.68 Å². The summed E-state index contributed by atoms with van der Waals surface area (Å²) in [5.74, 6) is 1.24. The van der Waals surface area contributed by atoms with E-state index >= 15 is 0 Å². The number of aliphatic hydroxyl groups is 1. The lowest BCUT2D eigenvalue weighted by Crippen LogP contribution is -2.23. The molecule has 12 heavy (non-hydrogen) atoms. The Kier molecular flexibility index (Phi) is 1.77. The lowest BCUT2D eigenvalue weighted by Gasteiger charge is -2.21. The van der Waals surface area contributed by atoms with Crippen LogP contribution in [0.4, 0.5) is 0 Å². The van der Waals surface area contributed by atoms with E-state index in [2.05, 4.69) is 12.0 Å². The van der Waals surface area contributed by atoms with E-state index in [1.807, 2.05) is 0 Å². The summed E-state index contributed by atoms with van der Waals surface area (Å²) in [7, 11) is 0. The fourth-order valence-corrected chi connectivity index (χ4v) is 1.39. The molecule has 0 unspecified atom stereocenters. The highest BCUT2D eigenvalue weighted by Crippen LogP contribution is 2.23. The molecular formula is C8H12N2O2. The summed E-state index contributed by atoms with van der Waals surface area (Å²) in [6, 6.07) is 0. The number of nitrogens with zero attached hydrogens (tertiary/aromatic N) is 2. The van der Waals surface area contributed by atoms with Gasteiger partial charge in [0.25, 0.3) is 0 Å². The van der Waals surface area contributed by atoms with Crippen LogP contribution in [0.3, 0.4) is 0 Å². The minimum absolute atomic E-state index is 0.00368. The number of aliphatic hydroxyl groups excluding tert-OH is 1. The summed E-state index contributed by atoms with van der Waals surface area (Å²) in [5, 5.41) is 13.0. The average molecular weight is 168 g/mol. The van der Waals surface area contributed by atoms with Gasteiger partial charge in [-0.3, -0.25) is 0 Å². The molecule has 4 nitrogen and oxygen atoms in total. The molecule has 1 aromatic rings. The molecule has 0 bridgehead atoms. The van der Waals surface area contributed by atoms with Gasteiger partial charge in [-0.15, -0.1) is 0 Å². The number of rotatable bonds is 1. The highest BCUT2D eigenvalue weighted by molar-refractivity contribution is 5.24. The minimum atomic E-state index is 0.00368. The average Bonchev–Trinajstić information content (AvgIpc) is 2.46. The maximum atomic E-state index is 8.92. The zero-order valence-corrected chi connectivity index (χ0v) is 7.03. The first-order valence-electron chi connectivity index (χ1n) is 4.09. The van der Waals surface area contributed by atoms with Gasteiger partial charge in [0.05, 0.1) is 31.5 Å². The Labute approximate surface area is 70.8 Å². The topological polar surface area (TPSA) is 47.3 Å². The summed E-state index contributed by atoms with van der Waals surface area (Å²) in [6.45, 7) is 3.72. The molecule has 0 aliphatic carbocycles. The summed E-state index contributed by atoms with van der Waals surface area (Å²) in [5.41, 5.74) is 0.780. The third-order valence-corrected chi connectivity index (χ3v) is 2.02. The lowest BCUT2D eigenvalue weighted by molar-refractivity contribution is 0.168. The summed E-state index contributed by atoms with van der Waals surface area (Å²) < 4.78 is 7.24. The van der Waals surface area contributed by atoms with Crippen molar-refractivity contribution in [2.75, 3.05) is 6.61 Å². The molecule has 1 aliphatic rings. The first kappa shape index (κ1) is 7.61. The van der Waals surface area contributed by atoms with Crippen molar-refractivity contribution in [1.29, 1.82) is 0 Å². The van der Waals surface area contributed by atoms with E-state index in [-0.39, 0.29) is 6.61 Å². The van der Waals surface area contributed by atoms with E-state index in [9.17, 15) is 0 Å². The number of hydrogen-bond acceptors (Lipinski definition) is 3. The van der Waals surface area contributed by atoms with Crippen molar-refractivity contribution < 1.29 is 9.84 Å². The van der Waals surface area contributed by atoms with Gasteiger partial charge in [0.15, 0.2) is 0 Å². The quantitative estimate of drug-likeness (QED) is 0.660.